The van der Waals surface area contributed by atoms with Crippen LogP contribution in [0.1, 0.15) is 45.4 Å². The monoisotopic (exact) mass is 181 g/mol. The number of hydrogen-bond donors (Lipinski definition) is 1. The van der Waals surface area contributed by atoms with Gasteiger partial charge in [-0.15, -0.1) is 0 Å². The molecule has 1 atom stereocenters. The van der Waals surface area contributed by atoms with Crippen molar-refractivity contribution in [1.29, 1.82) is 0 Å². The molecule has 0 aromatic carbocycles. The lowest BCUT2D eigenvalue weighted by Crippen LogP contribution is -2.49. The minimum absolute atomic E-state index is 0.288. The largest absolute Gasteiger partial charge is 0.319 e. The van der Waals surface area contributed by atoms with Crippen LogP contribution < -0.4 is 5.73 Å². The van der Waals surface area contributed by atoms with E-state index in [2.05, 4.69) is 0 Å². The molecule has 0 saturated heterocycles. The Kier molecular flexibility index (Phi) is 2.18. The van der Waals surface area contributed by atoms with Crippen molar-refractivity contribution in [1.82, 2.24) is 0 Å². The summed E-state index contributed by atoms with van der Waals surface area (Å²) in [5, 5.41) is 0. The van der Waals surface area contributed by atoms with Gasteiger partial charge in [0.1, 0.15) is 0 Å². The molecule has 2 rings (SSSR count). The van der Waals surface area contributed by atoms with E-state index in [4.69, 9.17) is 5.73 Å². The standard InChI is InChI=1S/C11H19NO/c1-11(12,9-6-7-9)10(13)8-4-2-3-5-8/h8-9H,2-7,12H2,1H3. The summed E-state index contributed by atoms with van der Waals surface area (Å²) >= 11 is 0. The van der Waals surface area contributed by atoms with Crippen LogP contribution in [-0.2, 0) is 4.79 Å². The molecule has 2 aliphatic carbocycles. The fourth-order valence-electron chi connectivity index (χ4n) is 2.51. The van der Waals surface area contributed by atoms with Crippen LogP contribution in [-0.4, -0.2) is 11.3 Å². The maximum atomic E-state index is 12.0. The van der Waals surface area contributed by atoms with E-state index in [9.17, 15) is 4.79 Å². The van der Waals surface area contributed by atoms with Crippen LogP contribution in [0.3, 0.4) is 0 Å². The molecule has 0 amide bonds. The van der Waals surface area contributed by atoms with Crippen molar-refractivity contribution in [2.45, 2.75) is 51.0 Å². The van der Waals surface area contributed by atoms with Gasteiger partial charge in [-0.1, -0.05) is 12.8 Å². The molecule has 1 unspecified atom stereocenters. The van der Waals surface area contributed by atoms with E-state index in [-0.39, 0.29) is 5.92 Å². The van der Waals surface area contributed by atoms with Crippen LogP contribution in [0, 0.1) is 11.8 Å². The molecule has 0 aromatic rings. The maximum Gasteiger partial charge on any atom is 0.155 e. The second-order valence-electron chi connectivity index (χ2n) is 4.90. The third-order valence-corrected chi connectivity index (χ3v) is 3.68. The van der Waals surface area contributed by atoms with E-state index < -0.39 is 5.54 Å². The highest BCUT2D eigenvalue weighted by Gasteiger charge is 2.46. The van der Waals surface area contributed by atoms with Crippen LogP contribution in [0.5, 0.6) is 0 Å². The Balaban J connectivity index is 2.01. The molecule has 2 aliphatic rings. The molecule has 0 spiro atoms. The van der Waals surface area contributed by atoms with Gasteiger partial charge in [-0.3, -0.25) is 4.79 Å². The first kappa shape index (κ1) is 9.20. The highest BCUT2D eigenvalue weighted by molar-refractivity contribution is 5.90. The fraction of sp³-hybridized carbons (Fsp3) is 0.909. The zero-order valence-corrected chi connectivity index (χ0v) is 8.38. The van der Waals surface area contributed by atoms with Gasteiger partial charge in [-0.25, -0.2) is 0 Å². The van der Waals surface area contributed by atoms with Gasteiger partial charge in [0, 0.05) is 5.92 Å². The first-order valence-electron chi connectivity index (χ1n) is 5.45. The second-order valence-corrected chi connectivity index (χ2v) is 4.90. The molecule has 74 valence electrons. The molecule has 0 radical (unpaired) electrons. The van der Waals surface area contributed by atoms with Crippen LogP contribution >= 0.6 is 0 Å². The van der Waals surface area contributed by atoms with E-state index in [1.807, 2.05) is 6.92 Å². The molecular weight excluding hydrogens is 162 g/mol. The summed E-state index contributed by atoms with van der Waals surface area (Å²) in [5.41, 5.74) is 5.59. The molecule has 13 heavy (non-hydrogen) atoms. The lowest BCUT2D eigenvalue weighted by molar-refractivity contribution is -0.128. The Hall–Kier alpha value is -0.370. The van der Waals surface area contributed by atoms with Crippen molar-refractivity contribution >= 4 is 5.78 Å². The summed E-state index contributed by atoms with van der Waals surface area (Å²) < 4.78 is 0. The van der Waals surface area contributed by atoms with Crippen LogP contribution in [0.2, 0.25) is 0 Å². The minimum atomic E-state index is -0.505. The van der Waals surface area contributed by atoms with E-state index >= 15 is 0 Å². The van der Waals surface area contributed by atoms with Gasteiger partial charge in [-0.2, -0.15) is 0 Å². The molecule has 2 heteroatoms. The summed E-state index contributed by atoms with van der Waals surface area (Å²) in [4.78, 5) is 12.0. The number of Topliss-reactive ketones (excluding diaryl/α,β-unsaturated/α-hetero) is 1. The highest BCUT2D eigenvalue weighted by atomic mass is 16.1. The van der Waals surface area contributed by atoms with Crippen molar-refractivity contribution in [3.8, 4) is 0 Å². The minimum Gasteiger partial charge on any atom is -0.319 e. The Bertz CT molecular complexity index is 212. The molecule has 2 fully saturated rings. The summed E-state index contributed by atoms with van der Waals surface area (Å²) in [5.74, 6) is 1.11. The van der Waals surface area contributed by atoms with Gasteiger partial charge in [0.2, 0.25) is 0 Å². The molecule has 2 saturated carbocycles. The van der Waals surface area contributed by atoms with Gasteiger partial charge in [-0.05, 0) is 38.5 Å². The Labute approximate surface area is 79.9 Å². The Morgan fingerprint density at radius 3 is 2.23 bits per heavy atom. The predicted molar refractivity (Wildman–Crippen MR) is 52.3 cm³/mol. The Morgan fingerprint density at radius 2 is 1.77 bits per heavy atom. The molecule has 0 aliphatic heterocycles. The molecule has 2 N–H and O–H groups in total. The van der Waals surface area contributed by atoms with Crippen molar-refractivity contribution in [3.05, 3.63) is 0 Å². The van der Waals surface area contributed by atoms with Gasteiger partial charge < -0.3 is 5.73 Å². The second kappa shape index (κ2) is 3.09. The van der Waals surface area contributed by atoms with Gasteiger partial charge in [0.15, 0.2) is 5.78 Å². The number of hydrogen-bond acceptors (Lipinski definition) is 2. The highest BCUT2D eigenvalue weighted by Crippen LogP contribution is 2.41. The summed E-state index contributed by atoms with van der Waals surface area (Å²) in [6, 6.07) is 0. The average molecular weight is 181 g/mol. The van der Waals surface area contributed by atoms with E-state index in [1.54, 1.807) is 0 Å². The van der Waals surface area contributed by atoms with E-state index in [0.717, 1.165) is 25.7 Å². The summed E-state index contributed by atoms with van der Waals surface area (Å²) in [7, 11) is 0. The van der Waals surface area contributed by atoms with Crippen LogP contribution in [0.4, 0.5) is 0 Å². The lowest BCUT2D eigenvalue weighted by Gasteiger charge is -2.26. The topological polar surface area (TPSA) is 43.1 Å². The normalized spacial score (nSPS) is 28.8. The quantitative estimate of drug-likeness (QED) is 0.722. The third kappa shape index (κ3) is 1.64. The lowest BCUT2D eigenvalue weighted by atomic mass is 9.83. The van der Waals surface area contributed by atoms with Gasteiger partial charge in [0.25, 0.3) is 0 Å². The number of nitrogens with two attached hydrogens (primary N) is 1. The molecule has 0 heterocycles. The van der Waals surface area contributed by atoms with Crippen LogP contribution in [0.15, 0.2) is 0 Å². The average Bonchev–Trinajstić information content (AvgIpc) is 2.82. The number of carbonyl (C=O) groups is 1. The van der Waals surface area contributed by atoms with E-state index in [1.165, 1.54) is 12.8 Å². The zero-order chi connectivity index (χ0) is 9.47. The van der Waals surface area contributed by atoms with Crippen molar-refractivity contribution in [2.75, 3.05) is 0 Å². The SMILES string of the molecule is CC(N)(C(=O)C1CCCC1)C1CC1. The van der Waals surface area contributed by atoms with Gasteiger partial charge in [0.05, 0.1) is 5.54 Å². The summed E-state index contributed by atoms with van der Waals surface area (Å²) in [6.07, 6.45) is 6.92. The first-order chi connectivity index (χ1) is 6.12. The van der Waals surface area contributed by atoms with Crippen molar-refractivity contribution in [3.63, 3.8) is 0 Å². The summed E-state index contributed by atoms with van der Waals surface area (Å²) in [6.45, 7) is 1.94. The molecular formula is C11H19NO. The number of carbonyl (C=O) groups excluding carboxylic acids is 1. The van der Waals surface area contributed by atoms with Crippen molar-refractivity contribution in [2.24, 2.45) is 17.6 Å². The zero-order valence-electron chi connectivity index (χ0n) is 8.38. The predicted octanol–water partition coefficient (Wildman–Crippen LogP) is 1.87. The third-order valence-electron chi connectivity index (χ3n) is 3.68. The van der Waals surface area contributed by atoms with E-state index in [0.29, 0.717) is 11.7 Å². The van der Waals surface area contributed by atoms with Crippen LogP contribution in [0.25, 0.3) is 0 Å². The maximum absolute atomic E-state index is 12.0. The van der Waals surface area contributed by atoms with Gasteiger partial charge >= 0.3 is 0 Å². The number of ketones is 1. The smallest absolute Gasteiger partial charge is 0.155 e. The fourth-order valence-corrected chi connectivity index (χ4v) is 2.51. The molecule has 2 nitrogen and oxygen atoms in total. The molecule has 0 bridgehead atoms. The van der Waals surface area contributed by atoms with Crippen molar-refractivity contribution < 1.29 is 4.79 Å². The first-order valence-corrected chi connectivity index (χ1v) is 5.45. The Morgan fingerprint density at radius 1 is 1.23 bits per heavy atom. The molecule has 0 aromatic heterocycles. The number of rotatable bonds is 3.